The predicted octanol–water partition coefficient (Wildman–Crippen LogP) is 3.40. The van der Waals surface area contributed by atoms with E-state index < -0.39 is 9.84 Å². The summed E-state index contributed by atoms with van der Waals surface area (Å²) in [5.74, 6) is 0.113. The molecule has 104 valence electrons. The van der Waals surface area contributed by atoms with Crippen LogP contribution in [-0.2, 0) is 9.84 Å². The molecule has 0 saturated carbocycles. The lowest BCUT2D eigenvalue weighted by molar-refractivity contribution is 0.597. The van der Waals surface area contributed by atoms with E-state index in [1.165, 1.54) is 11.3 Å². The largest absolute Gasteiger partial charge is 0.278 e. The summed E-state index contributed by atoms with van der Waals surface area (Å²) in [5, 5.41) is 6.77. The van der Waals surface area contributed by atoms with Crippen LogP contribution in [0.5, 0.6) is 0 Å². The highest BCUT2D eigenvalue weighted by Crippen LogP contribution is 2.30. The summed E-state index contributed by atoms with van der Waals surface area (Å²) in [7, 11) is -3.13. The molecule has 1 aliphatic rings. The molecule has 0 amide bonds. The standard InChI is InChI=1S/C13H11ClN2O2S2/c14-9-1-3-10(4-2-9)15-16-12-6-8-20(17,18)13-11(12)5-7-19-13/h1-5,7,15H,6,8H2/b16-12+. The fraction of sp³-hybridized carbons (Fsp3) is 0.154. The zero-order valence-electron chi connectivity index (χ0n) is 10.3. The number of sulfone groups is 1. The van der Waals surface area contributed by atoms with E-state index in [-0.39, 0.29) is 5.75 Å². The number of nitrogens with one attached hydrogen (secondary N) is 1. The minimum Gasteiger partial charge on any atom is -0.278 e. The van der Waals surface area contributed by atoms with E-state index >= 15 is 0 Å². The maximum atomic E-state index is 11.9. The van der Waals surface area contributed by atoms with Crippen LogP contribution in [0.1, 0.15) is 12.0 Å². The quantitative estimate of drug-likeness (QED) is 0.860. The monoisotopic (exact) mass is 326 g/mol. The Morgan fingerprint density at radius 2 is 1.95 bits per heavy atom. The van der Waals surface area contributed by atoms with Crippen LogP contribution in [0.15, 0.2) is 45.0 Å². The molecule has 2 aromatic rings. The molecule has 1 aromatic heterocycles. The van der Waals surface area contributed by atoms with E-state index in [4.69, 9.17) is 11.6 Å². The highest BCUT2D eigenvalue weighted by molar-refractivity contribution is 7.93. The Morgan fingerprint density at radius 1 is 1.20 bits per heavy atom. The summed E-state index contributed by atoms with van der Waals surface area (Å²) < 4.78 is 24.2. The van der Waals surface area contributed by atoms with Gasteiger partial charge < -0.3 is 0 Å². The van der Waals surface area contributed by atoms with Crippen LogP contribution < -0.4 is 5.43 Å². The van der Waals surface area contributed by atoms with Gasteiger partial charge in [-0.2, -0.15) is 5.10 Å². The van der Waals surface area contributed by atoms with Crippen molar-refractivity contribution in [3.8, 4) is 0 Å². The van der Waals surface area contributed by atoms with Gasteiger partial charge in [0, 0.05) is 17.0 Å². The molecule has 0 radical (unpaired) electrons. The average Bonchev–Trinajstić information content (AvgIpc) is 2.91. The lowest BCUT2D eigenvalue weighted by Crippen LogP contribution is -2.20. The number of hydrogen-bond donors (Lipinski definition) is 1. The number of anilines is 1. The first-order valence-electron chi connectivity index (χ1n) is 5.95. The first-order valence-corrected chi connectivity index (χ1v) is 8.86. The van der Waals surface area contributed by atoms with Gasteiger partial charge in [-0.3, -0.25) is 5.43 Å². The maximum absolute atomic E-state index is 11.9. The van der Waals surface area contributed by atoms with Gasteiger partial charge in [-0.25, -0.2) is 8.42 Å². The van der Waals surface area contributed by atoms with Crippen molar-refractivity contribution in [3.63, 3.8) is 0 Å². The number of benzene rings is 1. The van der Waals surface area contributed by atoms with Crippen LogP contribution in [0.2, 0.25) is 5.02 Å². The Bertz CT molecular complexity index is 764. The third-order valence-electron chi connectivity index (χ3n) is 2.99. The first kappa shape index (κ1) is 13.6. The number of hydrazone groups is 1. The molecule has 1 N–H and O–H groups in total. The molecular formula is C13H11ClN2O2S2. The van der Waals surface area contributed by atoms with Gasteiger partial charge in [-0.05, 0) is 35.7 Å². The number of thiophene rings is 1. The average molecular weight is 327 g/mol. The van der Waals surface area contributed by atoms with E-state index in [1.807, 2.05) is 12.1 Å². The number of hydrogen-bond acceptors (Lipinski definition) is 5. The van der Waals surface area contributed by atoms with Crippen LogP contribution in [0.3, 0.4) is 0 Å². The Balaban J connectivity index is 1.89. The summed E-state index contributed by atoms with van der Waals surface area (Å²) in [6, 6.07) is 8.98. The van der Waals surface area contributed by atoms with E-state index in [9.17, 15) is 8.42 Å². The molecule has 0 spiro atoms. The molecule has 0 fully saturated rings. The van der Waals surface area contributed by atoms with Crippen LogP contribution in [0.25, 0.3) is 0 Å². The summed E-state index contributed by atoms with van der Waals surface area (Å²) in [5.41, 5.74) is 5.23. The normalized spacial score (nSPS) is 18.8. The third kappa shape index (κ3) is 2.59. The maximum Gasteiger partial charge on any atom is 0.188 e. The van der Waals surface area contributed by atoms with Crippen molar-refractivity contribution < 1.29 is 8.42 Å². The SMILES string of the molecule is O=S1(=O)CC/C(=N\Nc2ccc(Cl)cc2)c2ccsc21. The van der Waals surface area contributed by atoms with E-state index in [1.54, 1.807) is 23.6 Å². The molecule has 3 rings (SSSR count). The van der Waals surface area contributed by atoms with Crippen molar-refractivity contribution in [2.75, 3.05) is 11.2 Å². The van der Waals surface area contributed by atoms with Gasteiger partial charge in [0.25, 0.3) is 0 Å². The molecule has 4 nitrogen and oxygen atoms in total. The smallest absolute Gasteiger partial charge is 0.188 e. The fourth-order valence-corrected chi connectivity index (χ4v) is 4.92. The molecular weight excluding hydrogens is 316 g/mol. The zero-order valence-corrected chi connectivity index (χ0v) is 12.7. The Hall–Kier alpha value is -1.37. The van der Waals surface area contributed by atoms with Crippen molar-refractivity contribution >= 4 is 44.2 Å². The minimum absolute atomic E-state index is 0.113. The van der Waals surface area contributed by atoms with Crippen molar-refractivity contribution in [1.82, 2.24) is 0 Å². The van der Waals surface area contributed by atoms with Gasteiger partial charge in [0.1, 0.15) is 4.21 Å². The highest BCUT2D eigenvalue weighted by atomic mass is 35.5. The molecule has 20 heavy (non-hydrogen) atoms. The molecule has 7 heteroatoms. The predicted molar refractivity (Wildman–Crippen MR) is 82.6 cm³/mol. The molecule has 0 saturated heterocycles. The third-order valence-corrected chi connectivity index (χ3v) is 6.53. The molecule has 0 unspecified atom stereocenters. The molecule has 2 heterocycles. The second-order valence-electron chi connectivity index (χ2n) is 4.37. The van der Waals surface area contributed by atoms with Gasteiger partial charge in [-0.15, -0.1) is 11.3 Å². The number of halogens is 1. The van der Waals surface area contributed by atoms with Crippen molar-refractivity contribution in [2.45, 2.75) is 10.6 Å². The van der Waals surface area contributed by atoms with Gasteiger partial charge in [0.05, 0.1) is 17.2 Å². The van der Waals surface area contributed by atoms with Crippen LogP contribution in [0.4, 0.5) is 5.69 Å². The molecule has 1 aliphatic heterocycles. The van der Waals surface area contributed by atoms with Crippen LogP contribution in [0, 0.1) is 0 Å². The van der Waals surface area contributed by atoms with Gasteiger partial charge in [0.15, 0.2) is 9.84 Å². The second kappa shape index (κ2) is 5.20. The van der Waals surface area contributed by atoms with Gasteiger partial charge in [-0.1, -0.05) is 11.6 Å². The second-order valence-corrected chi connectivity index (χ2v) is 8.02. The summed E-state index contributed by atoms with van der Waals surface area (Å²) in [4.78, 5) is 0. The van der Waals surface area contributed by atoms with E-state index in [0.29, 0.717) is 21.2 Å². The van der Waals surface area contributed by atoms with Crippen LogP contribution in [-0.4, -0.2) is 19.9 Å². The summed E-state index contributed by atoms with van der Waals surface area (Å²) in [6.45, 7) is 0. The van der Waals surface area contributed by atoms with Gasteiger partial charge >= 0.3 is 0 Å². The Morgan fingerprint density at radius 3 is 2.70 bits per heavy atom. The topological polar surface area (TPSA) is 58.5 Å². The number of nitrogens with zero attached hydrogens (tertiary/aromatic N) is 1. The summed E-state index contributed by atoms with van der Waals surface area (Å²) >= 11 is 7.06. The molecule has 0 bridgehead atoms. The number of rotatable bonds is 2. The lowest BCUT2D eigenvalue weighted by Gasteiger charge is -2.14. The van der Waals surface area contributed by atoms with Crippen molar-refractivity contribution in [1.29, 1.82) is 0 Å². The highest BCUT2D eigenvalue weighted by Gasteiger charge is 2.28. The Labute approximate surface area is 126 Å². The zero-order chi connectivity index (χ0) is 14.2. The van der Waals surface area contributed by atoms with E-state index in [2.05, 4.69) is 10.5 Å². The van der Waals surface area contributed by atoms with Crippen LogP contribution >= 0.6 is 22.9 Å². The fourth-order valence-electron chi connectivity index (χ4n) is 1.98. The summed E-state index contributed by atoms with van der Waals surface area (Å²) in [6.07, 6.45) is 0.423. The van der Waals surface area contributed by atoms with Crippen molar-refractivity contribution in [3.05, 3.63) is 46.3 Å². The molecule has 0 atom stereocenters. The first-order chi connectivity index (χ1) is 9.56. The number of fused-ring (bicyclic) bond motifs is 1. The van der Waals surface area contributed by atoms with Gasteiger partial charge in [0.2, 0.25) is 0 Å². The molecule has 0 aliphatic carbocycles. The van der Waals surface area contributed by atoms with E-state index in [0.717, 1.165) is 11.4 Å². The van der Waals surface area contributed by atoms with Crippen molar-refractivity contribution in [2.24, 2.45) is 5.10 Å². The Kier molecular flexibility index (Phi) is 3.54. The molecule has 1 aromatic carbocycles. The minimum atomic E-state index is -3.13. The lowest BCUT2D eigenvalue weighted by atomic mass is 10.1.